The van der Waals surface area contributed by atoms with E-state index < -0.39 is 11.8 Å². The van der Waals surface area contributed by atoms with Crippen molar-refractivity contribution >= 4 is 23.0 Å². The fourth-order valence-electron chi connectivity index (χ4n) is 4.44. The maximum absolute atomic E-state index is 15.9. The number of allylic oxidation sites excluding steroid dienone is 3. The van der Waals surface area contributed by atoms with Crippen molar-refractivity contribution in [3.63, 3.8) is 0 Å². The van der Waals surface area contributed by atoms with Crippen LogP contribution in [0.3, 0.4) is 0 Å². The number of furan rings is 1. The van der Waals surface area contributed by atoms with Gasteiger partial charge in [-0.1, -0.05) is 6.08 Å². The Labute approximate surface area is 226 Å². The Hall–Kier alpha value is -4.53. The molecule has 1 heterocycles. The monoisotopic (exact) mass is 535 g/mol. The highest BCUT2D eigenvalue weighted by Crippen LogP contribution is 2.45. The maximum atomic E-state index is 15.9. The smallest absolute Gasteiger partial charge is 0.345 e. The third kappa shape index (κ3) is 5.98. The molecule has 9 heteroatoms. The summed E-state index contributed by atoms with van der Waals surface area (Å²) in [5.74, 6) is 0.375. The highest BCUT2D eigenvalue weighted by molar-refractivity contribution is 6.03. The highest BCUT2D eigenvalue weighted by Gasteiger charge is 2.29. The average molecular weight is 536 g/mol. The molecular formula is C30H30FNO7. The number of methoxy groups -OCH3 is 3. The minimum absolute atomic E-state index is 0.153. The highest BCUT2D eigenvalue weighted by atomic mass is 19.1. The summed E-state index contributed by atoms with van der Waals surface area (Å²) in [6.45, 7) is 2.13. The van der Waals surface area contributed by atoms with Crippen LogP contribution in [0.15, 0.2) is 65.0 Å². The second-order valence-electron chi connectivity index (χ2n) is 8.65. The van der Waals surface area contributed by atoms with Crippen LogP contribution in [0.1, 0.15) is 46.2 Å². The Bertz CT molecular complexity index is 1400. The lowest BCUT2D eigenvalue weighted by atomic mass is 10.00. The first kappa shape index (κ1) is 27.5. The van der Waals surface area contributed by atoms with E-state index in [0.29, 0.717) is 46.1 Å². The van der Waals surface area contributed by atoms with Gasteiger partial charge in [-0.25, -0.2) is 9.18 Å². The Morgan fingerprint density at radius 3 is 2.36 bits per heavy atom. The molecule has 0 unspecified atom stereocenters. The van der Waals surface area contributed by atoms with Gasteiger partial charge in [0, 0.05) is 11.1 Å². The van der Waals surface area contributed by atoms with E-state index in [-0.39, 0.29) is 36.6 Å². The minimum Gasteiger partial charge on any atom is -0.497 e. The summed E-state index contributed by atoms with van der Waals surface area (Å²) >= 11 is 0. The standard InChI is InChI=1S/C30H30FNO7/c1-5-38-30(34)28-25(36-3)13-18(14-26(28)37-4)8-10-22-21-11-9-19(35-2)15-23(21)24(29(22)31)16-27(33)32-17-20-7-6-12-39-20/h6-7,9-15H,5,8,16-17H2,1-4H3,(H,32,33)/b22-10-. The van der Waals surface area contributed by atoms with Crippen molar-refractivity contribution in [3.05, 3.63) is 88.6 Å². The van der Waals surface area contributed by atoms with E-state index in [2.05, 4.69) is 5.32 Å². The lowest BCUT2D eigenvalue weighted by Crippen LogP contribution is -2.22. The second-order valence-corrected chi connectivity index (χ2v) is 8.65. The first-order chi connectivity index (χ1) is 18.9. The molecule has 1 amide bonds. The lowest BCUT2D eigenvalue weighted by molar-refractivity contribution is -0.120. The van der Waals surface area contributed by atoms with Crippen molar-refractivity contribution in [2.24, 2.45) is 0 Å². The summed E-state index contributed by atoms with van der Waals surface area (Å²) < 4.78 is 42.5. The normalized spacial score (nSPS) is 13.3. The summed E-state index contributed by atoms with van der Waals surface area (Å²) in [5, 5.41) is 2.76. The van der Waals surface area contributed by atoms with Gasteiger partial charge in [-0.2, -0.15) is 0 Å². The van der Waals surface area contributed by atoms with Gasteiger partial charge < -0.3 is 28.7 Å². The zero-order valence-electron chi connectivity index (χ0n) is 22.3. The number of fused-ring (bicyclic) bond motifs is 1. The third-order valence-corrected chi connectivity index (χ3v) is 6.31. The number of nitrogens with one attached hydrogen (secondary N) is 1. The quantitative estimate of drug-likeness (QED) is 0.324. The molecule has 1 aromatic heterocycles. The number of ether oxygens (including phenoxy) is 4. The lowest BCUT2D eigenvalue weighted by Gasteiger charge is -2.14. The van der Waals surface area contributed by atoms with Gasteiger partial charge in [0.2, 0.25) is 5.91 Å². The molecule has 0 fully saturated rings. The first-order valence-corrected chi connectivity index (χ1v) is 12.4. The number of esters is 1. The summed E-state index contributed by atoms with van der Waals surface area (Å²) in [6.07, 6.45) is 3.42. The number of benzene rings is 2. The first-order valence-electron chi connectivity index (χ1n) is 12.4. The van der Waals surface area contributed by atoms with Gasteiger partial charge in [0.1, 0.15) is 34.4 Å². The number of halogens is 1. The number of hydrogen-bond donors (Lipinski definition) is 1. The van der Waals surface area contributed by atoms with E-state index in [1.54, 1.807) is 55.5 Å². The van der Waals surface area contributed by atoms with E-state index in [1.165, 1.54) is 27.6 Å². The van der Waals surface area contributed by atoms with Crippen LogP contribution >= 0.6 is 0 Å². The zero-order valence-corrected chi connectivity index (χ0v) is 22.3. The molecule has 39 heavy (non-hydrogen) atoms. The van der Waals surface area contributed by atoms with Crippen LogP contribution in [0, 0.1) is 0 Å². The van der Waals surface area contributed by atoms with Gasteiger partial charge in [-0.3, -0.25) is 4.79 Å². The maximum Gasteiger partial charge on any atom is 0.345 e. The van der Waals surface area contributed by atoms with Crippen molar-refractivity contribution < 1.29 is 37.3 Å². The molecule has 0 saturated heterocycles. The molecule has 0 spiro atoms. The topological polar surface area (TPSA) is 96.2 Å². The predicted octanol–water partition coefficient (Wildman–Crippen LogP) is 5.51. The number of carbonyl (C=O) groups excluding carboxylic acids is 2. The molecule has 4 rings (SSSR count). The largest absolute Gasteiger partial charge is 0.497 e. The molecule has 0 saturated carbocycles. The molecule has 0 atom stereocenters. The van der Waals surface area contributed by atoms with E-state index in [1.807, 2.05) is 0 Å². The van der Waals surface area contributed by atoms with Crippen LogP contribution < -0.4 is 19.5 Å². The van der Waals surface area contributed by atoms with Crippen LogP contribution in [0.5, 0.6) is 17.2 Å². The molecule has 8 nitrogen and oxygen atoms in total. The molecule has 0 radical (unpaired) electrons. The molecule has 1 N–H and O–H groups in total. The van der Waals surface area contributed by atoms with Crippen LogP contribution in [0.25, 0.3) is 11.1 Å². The Morgan fingerprint density at radius 2 is 1.74 bits per heavy atom. The molecule has 1 aliphatic carbocycles. The van der Waals surface area contributed by atoms with Gasteiger partial charge in [-0.05, 0) is 72.5 Å². The van der Waals surface area contributed by atoms with Crippen LogP contribution in [0.4, 0.5) is 4.39 Å². The third-order valence-electron chi connectivity index (χ3n) is 6.31. The Balaban J connectivity index is 1.65. The summed E-state index contributed by atoms with van der Waals surface area (Å²) in [4.78, 5) is 25.1. The molecule has 1 aliphatic rings. The van der Waals surface area contributed by atoms with Gasteiger partial charge in [-0.15, -0.1) is 0 Å². The van der Waals surface area contributed by atoms with Crippen LogP contribution in [-0.2, 0) is 22.5 Å². The second kappa shape index (κ2) is 12.3. The average Bonchev–Trinajstić information content (AvgIpc) is 3.56. The molecule has 204 valence electrons. The fraction of sp³-hybridized carbons (Fsp3) is 0.267. The Kier molecular flexibility index (Phi) is 8.70. The van der Waals surface area contributed by atoms with E-state index in [4.69, 9.17) is 23.4 Å². The number of amides is 1. The van der Waals surface area contributed by atoms with E-state index >= 15 is 4.39 Å². The predicted molar refractivity (Wildman–Crippen MR) is 143 cm³/mol. The van der Waals surface area contributed by atoms with Gasteiger partial charge in [0.15, 0.2) is 0 Å². The molecule has 2 aromatic carbocycles. The van der Waals surface area contributed by atoms with Gasteiger partial charge in [0.05, 0.1) is 47.2 Å². The SMILES string of the molecule is CCOC(=O)c1c(OC)cc(C/C=C2\C(F)=C(CC(=O)NCc3ccco3)c3cc(OC)ccc32)cc1OC. The number of hydrogen-bond acceptors (Lipinski definition) is 7. The molecule has 0 bridgehead atoms. The molecule has 3 aromatic rings. The minimum atomic E-state index is -0.557. The van der Waals surface area contributed by atoms with Crippen molar-refractivity contribution in [3.8, 4) is 17.2 Å². The summed E-state index contributed by atoms with van der Waals surface area (Å²) in [7, 11) is 4.43. The van der Waals surface area contributed by atoms with Crippen LogP contribution in [0.2, 0.25) is 0 Å². The van der Waals surface area contributed by atoms with Crippen molar-refractivity contribution in [2.75, 3.05) is 27.9 Å². The molecular weight excluding hydrogens is 505 g/mol. The fourth-order valence-corrected chi connectivity index (χ4v) is 4.44. The van der Waals surface area contributed by atoms with Gasteiger partial charge >= 0.3 is 5.97 Å². The Morgan fingerprint density at radius 1 is 1.00 bits per heavy atom. The summed E-state index contributed by atoms with van der Waals surface area (Å²) in [5.41, 5.74) is 2.82. The number of rotatable bonds is 11. The van der Waals surface area contributed by atoms with Gasteiger partial charge in [0.25, 0.3) is 0 Å². The zero-order chi connectivity index (χ0) is 27.9. The molecule has 0 aliphatic heterocycles. The number of carbonyl (C=O) groups is 2. The summed E-state index contributed by atoms with van der Waals surface area (Å²) in [6, 6.07) is 12.1. The van der Waals surface area contributed by atoms with E-state index in [0.717, 1.165) is 5.56 Å². The van der Waals surface area contributed by atoms with Crippen molar-refractivity contribution in [1.29, 1.82) is 0 Å². The van der Waals surface area contributed by atoms with Crippen molar-refractivity contribution in [2.45, 2.75) is 26.3 Å². The van der Waals surface area contributed by atoms with Crippen molar-refractivity contribution in [1.82, 2.24) is 5.32 Å². The van der Waals surface area contributed by atoms with E-state index in [9.17, 15) is 9.59 Å². The van der Waals surface area contributed by atoms with Crippen LogP contribution in [-0.4, -0.2) is 39.8 Å².